The molecule has 0 fully saturated rings. The Morgan fingerprint density at radius 2 is 0.628 bits per heavy atom. The predicted octanol–water partition coefficient (Wildman–Crippen LogP) is 5.44. The Labute approximate surface area is 261 Å². The third-order valence-electron chi connectivity index (χ3n) is 6.93. The van der Waals surface area contributed by atoms with Crippen molar-refractivity contribution in [2.24, 2.45) is 0 Å². The van der Waals surface area contributed by atoms with Gasteiger partial charge < -0.3 is 23.1 Å². The zero-order valence-electron chi connectivity index (χ0n) is 26.8. The number of rotatable bonds is 14. The smallest absolute Gasteiger partial charge is 0.280 e. The Morgan fingerprint density at radius 1 is 0.395 bits per heavy atom. The van der Waals surface area contributed by atoms with Crippen LogP contribution < -0.4 is 39.7 Å². The normalized spacial score (nSPS) is 11.2. The standard InChI is InChI=1S/C36H44O5Si2/c1-9-37-29-21-25(5)13-17-33(29)42(34-18-14-26(6)22-30(34)38-10-2)41-43(35-19-15-27(7)23-31(35)39-11-3)36-20-16-28(8)24-32(36)40-12-4/h13-24H,9-12H2,1-8H3. The zero-order chi connectivity index (χ0) is 30.9. The number of ether oxygens (including phenoxy) is 4. The summed E-state index contributed by atoms with van der Waals surface area (Å²) >= 11 is 0. The van der Waals surface area contributed by atoms with Crippen molar-refractivity contribution in [3.8, 4) is 23.0 Å². The van der Waals surface area contributed by atoms with Crippen molar-refractivity contribution in [1.29, 1.82) is 0 Å². The van der Waals surface area contributed by atoms with Gasteiger partial charge in [-0.05, 0) is 102 Å². The van der Waals surface area contributed by atoms with Gasteiger partial charge in [0.25, 0.3) is 18.1 Å². The number of benzene rings is 4. The predicted molar refractivity (Wildman–Crippen MR) is 181 cm³/mol. The fraction of sp³-hybridized carbons (Fsp3) is 0.333. The Hall–Kier alpha value is -3.53. The summed E-state index contributed by atoms with van der Waals surface area (Å²) < 4.78 is 32.6. The lowest BCUT2D eigenvalue weighted by molar-refractivity contribution is 0.340. The van der Waals surface area contributed by atoms with E-state index in [1.54, 1.807) is 0 Å². The van der Waals surface area contributed by atoms with Crippen LogP contribution in [0.15, 0.2) is 72.8 Å². The number of hydrogen-bond acceptors (Lipinski definition) is 5. The summed E-state index contributed by atoms with van der Waals surface area (Å²) in [7, 11) is -3.85. The molecule has 5 nitrogen and oxygen atoms in total. The van der Waals surface area contributed by atoms with Gasteiger partial charge in [0.05, 0.1) is 26.4 Å². The van der Waals surface area contributed by atoms with E-state index in [1.165, 1.54) is 0 Å². The first-order valence-electron chi connectivity index (χ1n) is 15.2. The molecular formula is C36H44O5Si2. The van der Waals surface area contributed by atoms with Crippen LogP contribution in [0, 0.1) is 27.7 Å². The van der Waals surface area contributed by atoms with Crippen LogP contribution in [-0.2, 0) is 4.12 Å². The summed E-state index contributed by atoms with van der Waals surface area (Å²) in [4.78, 5) is 0. The molecule has 4 rings (SSSR count). The molecule has 0 N–H and O–H groups in total. The van der Waals surface area contributed by atoms with Gasteiger partial charge in [0, 0.05) is 20.7 Å². The first-order chi connectivity index (χ1) is 20.8. The molecule has 0 amide bonds. The maximum atomic E-state index is 7.59. The van der Waals surface area contributed by atoms with Crippen LogP contribution in [0.5, 0.6) is 23.0 Å². The second-order valence-corrected chi connectivity index (χ2v) is 14.8. The lowest BCUT2D eigenvalue weighted by Crippen LogP contribution is -2.57. The molecule has 0 bridgehead atoms. The first-order valence-corrected chi connectivity index (χ1v) is 18.0. The monoisotopic (exact) mass is 612 g/mol. The van der Waals surface area contributed by atoms with E-state index in [1.807, 2.05) is 27.7 Å². The van der Waals surface area contributed by atoms with E-state index in [9.17, 15) is 0 Å². The molecule has 7 heteroatoms. The highest BCUT2D eigenvalue weighted by Crippen LogP contribution is 2.21. The maximum Gasteiger partial charge on any atom is 0.280 e. The maximum absolute atomic E-state index is 7.59. The quantitative estimate of drug-likeness (QED) is 0.178. The molecule has 226 valence electrons. The Kier molecular flexibility index (Phi) is 11.5. The molecule has 0 aliphatic carbocycles. The van der Waals surface area contributed by atoms with E-state index in [4.69, 9.17) is 23.1 Å². The lowest BCUT2D eigenvalue weighted by atomic mass is 10.2. The number of aryl methyl sites for hydroxylation is 4. The topological polar surface area (TPSA) is 46.2 Å². The van der Waals surface area contributed by atoms with Gasteiger partial charge >= 0.3 is 0 Å². The van der Waals surface area contributed by atoms with Gasteiger partial charge in [-0.25, -0.2) is 0 Å². The van der Waals surface area contributed by atoms with Crippen LogP contribution in [0.3, 0.4) is 0 Å². The molecule has 0 aliphatic heterocycles. The van der Waals surface area contributed by atoms with Crippen molar-refractivity contribution in [2.75, 3.05) is 26.4 Å². The van der Waals surface area contributed by atoms with Gasteiger partial charge in [-0.1, -0.05) is 48.5 Å². The van der Waals surface area contributed by atoms with E-state index in [0.29, 0.717) is 26.4 Å². The van der Waals surface area contributed by atoms with Gasteiger partial charge in [-0.3, -0.25) is 0 Å². The van der Waals surface area contributed by atoms with Crippen LogP contribution in [0.1, 0.15) is 49.9 Å². The molecule has 0 heterocycles. The highest BCUT2D eigenvalue weighted by atomic mass is 28.4. The van der Waals surface area contributed by atoms with Gasteiger partial charge in [0.15, 0.2) is 0 Å². The van der Waals surface area contributed by atoms with Crippen LogP contribution in [0.25, 0.3) is 0 Å². The summed E-state index contributed by atoms with van der Waals surface area (Å²) in [5.74, 6) is 3.40. The van der Waals surface area contributed by atoms with Crippen molar-refractivity contribution in [1.82, 2.24) is 0 Å². The summed E-state index contributed by atoms with van der Waals surface area (Å²) in [6, 6.07) is 25.7. The second kappa shape index (κ2) is 15.3. The van der Waals surface area contributed by atoms with E-state index < -0.39 is 18.1 Å². The van der Waals surface area contributed by atoms with Crippen LogP contribution in [-0.4, -0.2) is 44.5 Å². The third kappa shape index (κ3) is 7.90. The molecule has 0 atom stereocenters. The molecule has 4 aromatic carbocycles. The minimum absolute atomic E-state index is 0.564. The minimum Gasteiger partial charge on any atom is -0.494 e. The fourth-order valence-corrected chi connectivity index (χ4v) is 10.5. The van der Waals surface area contributed by atoms with Crippen molar-refractivity contribution in [3.05, 3.63) is 95.1 Å². The summed E-state index contributed by atoms with van der Waals surface area (Å²) in [6.45, 7) is 18.7. The molecule has 0 unspecified atom stereocenters. The fourth-order valence-electron chi connectivity index (χ4n) is 4.98. The van der Waals surface area contributed by atoms with Gasteiger partial charge in [-0.2, -0.15) is 0 Å². The van der Waals surface area contributed by atoms with E-state index in [0.717, 1.165) is 66.0 Å². The lowest BCUT2D eigenvalue weighted by Gasteiger charge is -2.28. The molecule has 0 aromatic heterocycles. The Bertz CT molecular complexity index is 1300. The molecule has 0 spiro atoms. The number of hydrogen-bond donors (Lipinski definition) is 0. The summed E-state index contributed by atoms with van der Waals surface area (Å²) in [5, 5.41) is 4.22. The molecule has 2 radical (unpaired) electrons. The average Bonchev–Trinajstić information content (AvgIpc) is 2.97. The molecule has 4 aromatic rings. The van der Waals surface area contributed by atoms with Gasteiger partial charge in [0.2, 0.25) is 0 Å². The Morgan fingerprint density at radius 3 is 0.837 bits per heavy atom. The minimum atomic E-state index is -1.93. The van der Waals surface area contributed by atoms with Crippen LogP contribution in [0.2, 0.25) is 0 Å². The van der Waals surface area contributed by atoms with Gasteiger partial charge in [-0.15, -0.1) is 0 Å². The third-order valence-corrected chi connectivity index (χ3v) is 12.2. The van der Waals surface area contributed by atoms with E-state index in [-0.39, 0.29) is 0 Å². The molecule has 0 saturated carbocycles. The van der Waals surface area contributed by atoms with Crippen LogP contribution in [0.4, 0.5) is 0 Å². The first kappa shape index (κ1) is 32.4. The largest absolute Gasteiger partial charge is 0.494 e. The van der Waals surface area contributed by atoms with Crippen LogP contribution >= 0.6 is 0 Å². The average molecular weight is 613 g/mol. The zero-order valence-corrected chi connectivity index (χ0v) is 28.8. The highest BCUT2D eigenvalue weighted by Gasteiger charge is 2.35. The van der Waals surface area contributed by atoms with Crippen molar-refractivity contribution >= 4 is 38.8 Å². The molecular weight excluding hydrogens is 569 g/mol. The molecule has 0 aliphatic rings. The van der Waals surface area contributed by atoms with Crippen molar-refractivity contribution in [2.45, 2.75) is 55.4 Å². The Balaban J connectivity index is 2.02. The van der Waals surface area contributed by atoms with E-state index >= 15 is 0 Å². The van der Waals surface area contributed by atoms with Crippen molar-refractivity contribution in [3.63, 3.8) is 0 Å². The summed E-state index contributed by atoms with van der Waals surface area (Å²) in [6.07, 6.45) is 0. The van der Waals surface area contributed by atoms with E-state index in [2.05, 4.69) is 100 Å². The summed E-state index contributed by atoms with van der Waals surface area (Å²) in [5.41, 5.74) is 4.56. The SMILES string of the molecule is CCOc1cc(C)ccc1[Si](O[Si](c1ccc(C)cc1OCC)c1ccc(C)cc1OCC)c1ccc(C)cc1OCC. The molecule has 43 heavy (non-hydrogen) atoms. The second-order valence-electron chi connectivity index (χ2n) is 10.5. The molecule has 0 saturated heterocycles. The van der Waals surface area contributed by atoms with Crippen molar-refractivity contribution < 1.29 is 23.1 Å². The highest BCUT2D eigenvalue weighted by molar-refractivity contribution is 6.93. The van der Waals surface area contributed by atoms with Gasteiger partial charge in [0.1, 0.15) is 23.0 Å².